The van der Waals surface area contributed by atoms with Crippen molar-refractivity contribution in [2.45, 2.75) is 19.9 Å². The molecule has 7 heteroatoms. The van der Waals surface area contributed by atoms with Crippen molar-refractivity contribution >= 4 is 40.4 Å². The second-order valence-corrected chi connectivity index (χ2v) is 6.56. The Morgan fingerprint density at radius 2 is 2.20 bits per heavy atom. The summed E-state index contributed by atoms with van der Waals surface area (Å²) in [5, 5.41) is 4.89. The zero-order valence-corrected chi connectivity index (χ0v) is 13.6. The predicted molar refractivity (Wildman–Crippen MR) is 83.5 cm³/mol. The third-order valence-electron chi connectivity index (χ3n) is 2.81. The standard InChI is InChI=1S/C13H15Cl2N3OS/c1-3-6-17(2)12(19)8-18-7-9(14)13(16-18)10-4-5-11(15)20-10/h4-5,7H,3,6,8H2,1-2H3. The van der Waals surface area contributed by atoms with Crippen LogP contribution in [-0.2, 0) is 11.3 Å². The normalized spacial score (nSPS) is 10.8. The number of carbonyl (C=O) groups is 1. The maximum absolute atomic E-state index is 12.0. The number of rotatable bonds is 5. The van der Waals surface area contributed by atoms with Crippen molar-refractivity contribution < 1.29 is 4.79 Å². The van der Waals surface area contributed by atoms with Crippen molar-refractivity contribution in [3.63, 3.8) is 0 Å². The van der Waals surface area contributed by atoms with Crippen LogP contribution in [0.3, 0.4) is 0 Å². The van der Waals surface area contributed by atoms with Crippen LogP contribution in [-0.4, -0.2) is 34.2 Å². The number of halogens is 2. The van der Waals surface area contributed by atoms with Crippen LogP contribution in [0.5, 0.6) is 0 Å². The van der Waals surface area contributed by atoms with E-state index in [-0.39, 0.29) is 12.5 Å². The molecule has 0 saturated heterocycles. The fourth-order valence-corrected chi connectivity index (χ4v) is 3.16. The minimum atomic E-state index is 0.0155. The monoisotopic (exact) mass is 331 g/mol. The Labute approximate surface area is 131 Å². The number of thiophene rings is 1. The zero-order chi connectivity index (χ0) is 14.7. The molecule has 0 atom stereocenters. The van der Waals surface area contributed by atoms with Crippen LogP contribution < -0.4 is 0 Å². The minimum absolute atomic E-state index is 0.0155. The van der Waals surface area contributed by atoms with E-state index in [1.54, 1.807) is 28.9 Å². The van der Waals surface area contributed by atoms with E-state index < -0.39 is 0 Å². The predicted octanol–water partition coefficient (Wildman–Crippen LogP) is 3.79. The van der Waals surface area contributed by atoms with Crippen LogP contribution in [0.2, 0.25) is 9.36 Å². The molecule has 0 fully saturated rings. The van der Waals surface area contributed by atoms with E-state index in [1.165, 1.54) is 11.3 Å². The lowest BCUT2D eigenvalue weighted by molar-refractivity contribution is -0.130. The first-order valence-electron chi connectivity index (χ1n) is 6.24. The zero-order valence-electron chi connectivity index (χ0n) is 11.3. The molecule has 0 aliphatic heterocycles. The van der Waals surface area contributed by atoms with Gasteiger partial charge in [0.1, 0.15) is 12.2 Å². The third-order valence-corrected chi connectivity index (χ3v) is 4.32. The van der Waals surface area contributed by atoms with Gasteiger partial charge in [0.25, 0.3) is 0 Å². The molecule has 1 amide bonds. The topological polar surface area (TPSA) is 38.1 Å². The van der Waals surface area contributed by atoms with E-state index in [4.69, 9.17) is 23.2 Å². The van der Waals surface area contributed by atoms with Gasteiger partial charge in [0.2, 0.25) is 5.91 Å². The number of hydrogen-bond donors (Lipinski definition) is 0. The fraction of sp³-hybridized carbons (Fsp3) is 0.385. The summed E-state index contributed by atoms with van der Waals surface area (Å²) in [5.41, 5.74) is 0.662. The molecule has 0 N–H and O–H groups in total. The SMILES string of the molecule is CCCN(C)C(=O)Cn1cc(Cl)c(-c2ccc(Cl)s2)n1. The van der Waals surface area contributed by atoms with Gasteiger partial charge in [0.15, 0.2) is 0 Å². The fourth-order valence-electron chi connectivity index (χ4n) is 1.81. The van der Waals surface area contributed by atoms with E-state index in [2.05, 4.69) is 5.10 Å². The molecular weight excluding hydrogens is 317 g/mol. The quantitative estimate of drug-likeness (QED) is 0.836. The summed E-state index contributed by atoms with van der Waals surface area (Å²) in [6.07, 6.45) is 2.60. The molecule has 0 aromatic carbocycles. The molecular formula is C13H15Cl2N3OS. The van der Waals surface area contributed by atoms with E-state index in [0.717, 1.165) is 17.8 Å². The maximum atomic E-state index is 12.0. The van der Waals surface area contributed by atoms with Crippen molar-refractivity contribution in [1.29, 1.82) is 0 Å². The van der Waals surface area contributed by atoms with Gasteiger partial charge in [-0.1, -0.05) is 30.1 Å². The van der Waals surface area contributed by atoms with Crippen LogP contribution in [0.4, 0.5) is 0 Å². The van der Waals surface area contributed by atoms with Gasteiger partial charge in [-0.05, 0) is 18.6 Å². The average Bonchev–Trinajstić information content (AvgIpc) is 2.96. The van der Waals surface area contributed by atoms with Gasteiger partial charge in [-0.2, -0.15) is 5.10 Å². The number of nitrogens with zero attached hydrogens (tertiary/aromatic N) is 3. The van der Waals surface area contributed by atoms with Crippen molar-refractivity contribution in [2.24, 2.45) is 0 Å². The Hall–Kier alpha value is -1.04. The summed E-state index contributed by atoms with van der Waals surface area (Å²) in [6.45, 7) is 2.96. The van der Waals surface area contributed by atoms with Crippen molar-refractivity contribution in [2.75, 3.05) is 13.6 Å². The third kappa shape index (κ3) is 3.53. The highest BCUT2D eigenvalue weighted by Crippen LogP contribution is 2.34. The Kier molecular flexibility index (Phi) is 5.07. The molecule has 20 heavy (non-hydrogen) atoms. The van der Waals surface area contributed by atoms with Gasteiger partial charge in [0, 0.05) is 19.8 Å². The molecule has 0 aliphatic rings. The lowest BCUT2D eigenvalue weighted by Crippen LogP contribution is -2.30. The molecule has 2 heterocycles. The molecule has 0 bridgehead atoms. The summed E-state index contributed by atoms with van der Waals surface area (Å²) in [7, 11) is 1.79. The number of aromatic nitrogens is 2. The minimum Gasteiger partial charge on any atom is -0.344 e. The first-order chi connectivity index (χ1) is 9.51. The maximum Gasteiger partial charge on any atom is 0.244 e. The lowest BCUT2D eigenvalue weighted by Gasteiger charge is -2.15. The highest BCUT2D eigenvalue weighted by Gasteiger charge is 2.14. The van der Waals surface area contributed by atoms with Crippen molar-refractivity contribution in [1.82, 2.24) is 14.7 Å². The van der Waals surface area contributed by atoms with Crippen LogP contribution in [0, 0.1) is 0 Å². The van der Waals surface area contributed by atoms with Gasteiger partial charge >= 0.3 is 0 Å². The molecule has 2 aromatic heterocycles. The smallest absolute Gasteiger partial charge is 0.244 e. The molecule has 0 aliphatic carbocycles. The summed E-state index contributed by atoms with van der Waals surface area (Å²) in [4.78, 5) is 14.6. The second kappa shape index (κ2) is 6.61. The van der Waals surface area contributed by atoms with Crippen LogP contribution in [0.15, 0.2) is 18.3 Å². The van der Waals surface area contributed by atoms with E-state index >= 15 is 0 Å². The first-order valence-corrected chi connectivity index (χ1v) is 7.81. The second-order valence-electron chi connectivity index (χ2n) is 4.44. The van der Waals surface area contributed by atoms with Crippen LogP contribution in [0.1, 0.15) is 13.3 Å². The number of likely N-dealkylation sites (N-methyl/N-ethyl adjacent to an activating group) is 1. The lowest BCUT2D eigenvalue weighted by atomic mass is 10.3. The first kappa shape index (κ1) is 15.4. The Morgan fingerprint density at radius 1 is 1.45 bits per heavy atom. The molecule has 4 nitrogen and oxygen atoms in total. The Bertz CT molecular complexity index is 609. The van der Waals surface area contributed by atoms with E-state index in [0.29, 0.717) is 15.1 Å². The molecule has 0 spiro atoms. The number of hydrogen-bond acceptors (Lipinski definition) is 3. The number of carbonyl (C=O) groups excluding carboxylic acids is 1. The Balaban J connectivity index is 2.13. The summed E-state index contributed by atoms with van der Waals surface area (Å²) in [6, 6.07) is 3.67. The average molecular weight is 332 g/mol. The van der Waals surface area contributed by atoms with E-state index in [1.807, 2.05) is 13.0 Å². The van der Waals surface area contributed by atoms with Crippen LogP contribution >= 0.6 is 34.5 Å². The van der Waals surface area contributed by atoms with Gasteiger partial charge in [-0.3, -0.25) is 9.48 Å². The molecule has 0 radical (unpaired) electrons. The highest BCUT2D eigenvalue weighted by molar-refractivity contribution is 7.19. The molecule has 108 valence electrons. The van der Waals surface area contributed by atoms with Gasteiger partial charge < -0.3 is 4.90 Å². The molecule has 2 rings (SSSR count). The van der Waals surface area contributed by atoms with Crippen molar-refractivity contribution in [3.05, 3.63) is 27.7 Å². The van der Waals surface area contributed by atoms with Crippen LogP contribution in [0.25, 0.3) is 10.6 Å². The Morgan fingerprint density at radius 3 is 2.80 bits per heavy atom. The van der Waals surface area contributed by atoms with Gasteiger partial charge in [-0.25, -0.2) is 0 Å². The molecule has 0 unspecified atom stereocenters. The summed E-state index contributed by atoms with van der Waals surface area (Å²) >= 11 is 13.5. The molecule has 0 saturated carbocycles. The van der Waals surface area contributed by atoms with Gasteiger partial charge in [0.05, 0.1) is 14.2 Å². The van der Waals surface area contributed by atoms with E-state index in [9.17, 15) is 4.79 Å². The summed E-state index contributed by atoms with van der Waals surface area (Å²) < 4.78 is 2.25. The summed E-state index contributed by atoms with van der Waals surface area (Å²) in [5.74, 6) is 0.0155. The number of amides is 1. The van der Waals surface area contributed by atoms with Crippen molar-refractivity contribution in [3.8, 4) is 10.6 Å². The largest absolute Gasteiger partial charge is 0.344 e. The van der Waals surface area contributed by atoms with Gasteiger partial charge in [-0.15, -0.1) is 11.3 Å². The molecule has 2 aromatic rings. The highest BCUT2D eigenvalue weighted by atomic mass is 35.5.